The third-order valence-corrected chi connectivity index (χ3v) is 4.72. The first-order valence-corrected chi connectivity index (χ1v) is 9.21. The number of benzene rings is 2. The van der Waals surface area contributed by atoms with Crippen LogP contribution in [0.15, 0.2) is 54.6 Å². The van der Waals surface area contributed by atoms with Crippen LogP contribution < -0.4 is 10.2 Å². The maximum Gasteiger partial charge on any atom is 0.224 e. The number of rotatable bonds is 6. The van der Waals surface area contributed by atoms with Crippen LogP contribution in [-0.2, 0) is 16.0 Å². The zero-order valence-electron chi connectivity index (χ0n) is 15.2. The van der Waals surface area contributed by atoms with Crippen LogP contribution in [0.25, 0.3) is 0 Å². The first kappa shape index (κ1) is 18.9. The van der Waals surface area contributed by atoms with Gasteiger partial charge >= 0.3 is 0 Å². The van der Waals surface area contributed by atoms with Crippen molar-refractivity contribution in [3.8, 4) is 0 Å². The standard InChI is InChI=1S/C21H24FN3O2/c22-19-9-5-4-6-17(19)16-20(26)23-11-10-21(27)25-14-12-24(13-15-25)18-7-2-1-3-8-18/h1-9H,10-16H2,(H,23,26). The molecule has 1 saturated heterocycles. The van der Waals surface area contributed by atoms with Crippen molar-refractivity contribution in [3.63, 3.8) is 0 Å². The second-order valence-corrected chi connectivity index (χ2v) is 6.57. The van der Waals surface area contributed by atoms with Crippen molar-refractivity contribution in [1.29, 1.82) is 0 Å². The summed E-state index contributed by atoms with van der Waals surface area (Å²) in [5, 5.41) is 2.70. The smallest absolute Gasteiger partial charge is 0.224 e. The summed E-state index contributed by atoms with van der Waals surface area (Å²) in [6.07, 6.45) is 0.241. The Morgan fingerprint density at radius 3 is 2.30 bits per heavy atom. The quantitative estimate of drug-likeness (QED) is 0.850. The van der Waals surface area contributed by atoms with Gasteiger partial charge in [0.1, 0.15) is 5.82 Å². The fraction of sp³-hybridized carbons (Fsp3) is 0.333. The summed E-state index contributed by atoms with van der Waals surface area (Å²) in [6.45, 7) is 3.23. The van der Waals surface area contributed by atoms with Crippen molar-refractivity contribution in [2.45, 2.75) is 12.8 Å². The van der Waals surface area contributed by atoms with Gasteiger partial charge in [0.15, 0.2) is 0 Å². The highest BCUT2D eigenvalue weighted by Crippen LogP contribution is 2.15. The van der Waals surface area contributed by atoms with E-state index in [1.807, 2.05) is 23.1 Å². The van der Waals surface area contributed by atoms with E-state index in [-0.39, 0.29) is 37.0 Å². The maximum absolute atomic E-state index is 13.6. The van der Waals surface area contributed by atoms with Crippen LogP contribution in [0.4, 0.5) is 10.1 Å². The van der Waals surface area contributed by atoms with E-state index in [1.165, 1.54) is 11.8 Å². The molecule has 0 atom stereocenters. The monoisotopic (exact) mass is 369 g/mol. The average Bonchev–Trinajstić information content (AvgIpc) is 2.70. The van der Waals surface area contributed by atoms with Gasteiger partial charge in [-0.15, -0.1) is 0 Å². The van der Waals surface area contributed by atoms with E-state index in [1.54, 1.807) is 18.2 Å². The van der Waals surface area contributed by atoms with Gasteiger partial charge in [0.05, 0.1) is 6.42 Å². The van der Waals surface area contributed by atoms with Crippen LogP contribution in [0.2, 0.25) is 0 Å². The lowest BCUT2D eigenvalue weighted by molar-refractivity contribution is -0.131. The normalized spacial score (nSPS) is 14.1. The summed E-state index contributed by atoms with van der Waals surface area (Å²) >= 11 is 0. The third-order valence-electron chi connectivity index (χ3n) is 4.72. The van der Waals surface area contributed by atoms with Crippen LogP contribution in [0.1, 0.15) is 12.0 Å². The van der Waals surface area contributed by atoms with Crippen LogP contribution in [0.5, 0.6) is 0 Å². The van der Waals surface area contributed by atoms with Crippen LogP contribution in [0, 0.1) is 5.82 Å². The Kier molecular flexibility index (Phi) is 6.41. The van der Waals surface area contributed by atoms with E-state index in [2.05, 4.69) is 22.3 Å². The number of carbonyl (C=O) groups excluding carboxylic acids is 2. The van der Waals surface area contributed by atoms with E-state index in [0.717, 1.165) is 13.1 Å². The lowest BCUT2D eigenvalue weighted by atomic mass is 10.1. The van der Waals surface area contributed by atoms with Gasteiger partial charge in [-0.05, 0) is 23.8 Å². The number of nitrogens with one attached hydrogen (secondary N) is 1. The fourth-order valence-electron chi connectivity index (χ4n) is 3.20. The Labute approximate surface area is 158 Å². The Morgan fingerprint density at radius 1 is 0.926 bits per heavy atom. The topological polar surface area (TPSA) is 52.7 Å². The van der Waals surface area contributed by atoms with E-state index in [0.29, 0.717) is 18.7 Å². The number of hydrogen-bond acceptors (Lipinski definition) is 3. The van der Waals surface area contributed by atoms with Crippen molar-refractivity contribution < 1.29 is 14.0 Å². The van der Waals surface area contributed by atoms with Gasteiger partial charge in [0.25, 0.3) is 0 Å². The zero-order valence-corrected chi connectivity index (χ0v) is 15.2. The molecule has 27 heavy (non-hydrogen) atoms. The van der Waals surface area contributed by atoms with Gasteiger partial charge in [-0.25, -0.2) is 4.39 Å². The summed E-state index contributed by atoms with van der Waals surface area (Å²) in [6, 6.07) is 16.4. The second-order valence-electron chi connectivity index (χ2n) is 6.57. The number of amides is 2. The van der Waals surface area contributed by atoms with E-state index in [4.69, 9.17) is 0 Å². The number of para-hydroxylation sites is 1. The number of halogens is 1. The maximum atomic E-state index is 13.6. The molecule has 1 fully saturated rings. The molecule has 0 bridgehead atoms. The summed E-state index contributed by atoms with van der Waals surface area (Å²) in [7, 11) is 0. The Bertz CT molecular complexity index is 774. The highest BCUT2D eigenvalue weighted by molar-refractivity contribution is 5.80. The Hall–Kier alpha value is -2.89. The van der Waals surface area contributed by atoms with E-state index >= 15 is 0 Å². The van der Waals surface area contributed by atoms with Crippen molar-refractivity contribution in [3.05, 3.63) is 66.0 Å². The molecule has 0 radical (unpaired) electrons. The van der Waals surface area contributed by atoms with Gasteiger partial charge < -0.3 is 15.1 Å². The molecule has 0 aromatic heterocycles. The largest absolute Gasteiger partial charge is 0.368 e. The van der Waals surface area contributed by atoms with Crippen molar-refractivity contribution >= 4 is 17.5 Å². The predicted octanol–water partition coefficient (Wildman–Crippen LogP) is 2.22. The molecule has 0 unspecified atom stereocenters. The van der Waals surface area contributed by atoms with E-state index in [9.17, 15) is 14.0 Å². The fourth-order valence-corrected chi connectivity index (χ4v) is 3.20. The highest BCUT2D eigenvalue weighted by Gasteiger charge is 2.21. The summed E-state index contributed by atoms with van der Waals surface area (Å²) in [5.74, 6) is -0.629. The third kappa shape index (κ3) is 5.29. The molecule has 3 rings (SSSR count). The molecule has 2 aromatic rings. The molecule has 2 amide bonds. The zero-order chi connectivity index (χ0) is 19.1. The number of nitrogens with zero attached hydrogens (tertiary/aromatic N) is 2. The first-order chi connectivity index (χ1) is 13.1. The first-order valence-electron chi connectivity index (χ1n) is 9.21. The molecular formula is C21H24FN3O2. The molecule has 142 valence electrons. The molecule has 6 heteroatoms. The van der Waals surface area contributed by atoms with Crippen LogP contribution in [0.3, 0.4) is 0 Å². The highest BCUT2D eigenvalue weighted by atomic mass is 19.1. The Balaban J connectivity index is 1.37. The number of anilines is 1. The minimum atomic E-state index is -0.389. The molecule has 1 aliphatic heterocycles. The lowest BCUT2D eigenvalue weighted by Gasteiger charge is -2.36. The van der Waals surface area contributed by atoms with Crippen LogP contribution in [-0.4, -0.2) is 49.4 Å². The molecule has 0 aliphatic carbocycles. The van der Waals surface area contributed by atoms with Gasteiger partial charge in [-0.3, -0.25) is 9.59 Å². The summed E-state index contributed by atoms with van der Waals surface area (Å²) < 4.78 is 13.6. The minimum absolute atomic E-state index is 0.0172. The molecule has 2 aromatic carbocycles. The molecule has 1 heterocycles. The number of piperazine rings is 1. The average molecular weight is 369 g/mol. The lowest BCUT2D eigenvalue weighted by Crippen LogP contribution is -2.49. The number of carbonyl (C=O) groups is 2. The van der Waals surface area contributed by atoms with Gasteiger partial charge in [0, 0.05) is 44.8 Å². The predicted molar refractivity (Wildman–Crippen MR) is 103 cm³/mol. The van der Waals surface area contributed by atoms with Gasteiger partial charge in [-0.2, -0.15) is 0 Å². The van der Waals surface area contributed by atoms with Crippen molar-refractivity contribution in [1.82, 2.24) is 10.2 Å². The molecule has 1 aliphatic rings. The molecule has 0 saturated carbocycles. The van der Waals surface area contributed by atoms with E-state index < -0.39 is 0 Å². The summed E-state index contributed by atoms with van der Waals surface area (Å²) in [5.41, 5.74) is 1.53. The van der Waals surface area contributed by atoms with Crippen LogP contribution >= 0.6 is 0 Å². The molecule has 5 nitrogen and oxygen atoms in total. The van der Waals surface area contributed by atoms with Crippen molar-refractivity contribution in [2.24, 2.45) is 0 Å². The second kappa shape index (κ2) is 9.16. The van der Waals surface area contributed by atoms with Crippen molar-refractivity contribution in [2.75, 3.05) is 37.6 Å². The number of hydrogen-bond donors (Lipinski definition) is 1. The minimum Gasteiger partial charge on any atom is -0.368 e. The molecular weight excluding hydrogens is 345 g/mol. The molecule has 0 spiro atoms. The van der Waals surface area contributed by atoms with Gasteiger partial charge in [0.2, 0.25) is 11.8 Å². The Morgan fingerprint density at radius 2 is 1.59 bits per heavy atom. The summed E-state index contributed by atoms with van der Waals surface area (Å²) in [4.78, 5) is 28.3. The van der Waals surface area contributed by atoms with Gasteiger partial charge in [-0.1, -0.05) is 36.4 Å². The SMILES string of the molecule is O=C(Cc1ccccc1F)NCCC(=O)N1CCN(c2ccccc2)CC1. The molecule has 1 N–H and O–H groups in total.